The molecule has 0 saturated heterocycles. The van der Waals surface area contributed by atoms with Crippen molar-refractivity contribution in [3.8, 4) is 11.4 Å². The Hall–Kier alpha value is -2.02. The average molecular weight is 376 g/mol. The van der Waals surface area contributed by atoms with Crippen LogP contribution < -0.4 is 4.74 Å². The summed E-state index contributed by atoms with van der Waals surface area (Å²) in [5.41, 5.74) is 0.991. The van der Waals surface area contributed by atoms with Crippen molar-refractivity contribution in [2.45, 2.75) is 11.8 Å². The minimum atomic E-state index is 0.274. The predicted octanol–water partition coefficient (Wildman–Crippen LogP) is 4.24. The number of hydrogen-bond acceptors (Lipinski definition) is 5. The smallest absolute Gasteiger partial charge is 0.196 e. The number of nitrogens with zero attached hydrogens (tertiary/aromatic N) is 3. The Balaban J connectivity index is 1.84. The second kappa shape index (κ2) is 8.89. The third-order valence-corrected chi connectivity index (χ3v) is 4.63. The molecule has 0 aliphatic heterocycles. The van der Waals surface area contributed by atoms with Gasteiger partial charge in [0.1, 0.15) is 12.4 Å². The lowest BCUT2D eigenvalue weighted by atomic mass is 10.3. The molecule has 0 saturated carbocycles. The minimum absolute atomic E-state index is 0.274. The molecule has 7 heteroatoms. The largest absolute Gasteiger partial charge is 0.484 e. The van der Waals surface area contributed by atoms with Crippen molar-refractivity contribution in [3.63, 3.8) is 0 Å². The van der Waals surface area contributed by atoms with Crippen LogP contribution in [0, 0.1) is 0 Å². The fourth-order valence-electron chi connectivity index (χ4n) is 2.24. The summed E-state index contributed by atoms with van der Waals surface area (Å²) in [6.07, 6.45) is 0. The van der Waals surface area contributed by atoms with E-state index in [1.807, 2.05) is 53.1 Å². The average Bonchev–Trinajstić information content (AvgIpc) is 3.05. The first-order valence-electron chi connectivity index (χ1n) is 7.78. The van der Waals surface area contributed by atoms with E-state index in [1.54, 1.807) is 24.9 Å². The van der Waals surface area contributed by atoms with E-state index >= 15 is 0 Å². The third kappa shape index (κ3) is 4.54. The Labute approximate surface area is 155 Å². The molecular formula is C18H18ClN3O2S. The van der Waals surface area contributed by atoms with Crippen molar-refractivity contribution in [2.75, 3.05) is 19.5 Å². The summed E-state index contributed by atoms with van der Waals surface area (Å²) in [6.45, 7) is 0.925. The normalized spacial score (nSPS) is 10.8. The maximum Gasteiger partial charge on any atom is 0.196 e. The van der Waals surface area contributed by atoms with Crippen molar-refractivity contribution in [2.24, 2.45) is 0 Å². The van der Waals surface area contributed by atoms with Crippen molar-refractivity contribution in [1.29, 1.82) is 0 Å². The molecule has 0 aliphatic rings. The highest BCUT2D eigenvalue weighted by Gasteiger charge is 2.15. The molecule has 3 aromatic rings. The topological polar surface area (TPSA) is 49.2 Å². The van der Waals surface area contributed by atoms with Crippen molar-refractivity contribution >= 4 is 23.4 Å². The van der Waals surface area contributed by atoms with Crippen molar-refractivity contribution in [3.05, 3.63) is 65.4 Å². The van der Waals surface area contributed by atoms with E-state index in [0.29, 0.717) is 23.2 Å². The Morgan fingerprint density at radius 3 is 2.56 bits per heavy atom. The van der Waals surface area contributed by atoms with Gasteiger partial charge in [0.2, 0.25) is 0 Å². The molecular weight excluding hydrogens is 358 g/mol. The van der Waals surface area contributed by atoms with Gasteiger partial charge in [-0.15, -0.1) is 10.2 Å². The number of methoxy groups -OCH3 is 1. The lowest BCUT2D eigenvalue weighted by molar-refractivity contribution is 0.218. The van der Waals surface area contributed by atoms with Gasteiger partial charge in [-0.2, -0.15) is 0 Å². The van der Waals surface area contributed by atoms with Gasteiger partial charge in [0.15, 0.2) is 11.0 Å². The Morgan fingerprint density at radius 1 is 1.04 bits per heavy atom. The van der Waals surface area contributed by atoms with Crippen LogP contribution in [0.1, 0.15) is 5.82 Å². The number of ether oxygens (including phenoxy) is 2. The molecule has 0 fully saturated rings. The van der Waals surface area contributed by atoms with Crippen molar-refractivity contribution in [1.82, 2.24) is 14.8 Å². The van der Waals surface area contributed by atoms with Crippen LogP contribution in [0.15, 0.2) is 59.8 Å². The molecule has 130 valence electrons. The highest BCUT2D eigenvalue weighted by Crippen LogP contribution is 2.26. The highest BCUT2D eigenvalue weighted by atomic mass is 35.5. The van der Waals surface area contributed by atoms with E-state index in [4.69, 9.17) is 21.1 Å². The zero-order valence-corrected chi connectivity index (χ0v) is 15.3. The molecule has 0 bridgehead atoms. The highest BCUT2D eigenvalue weighted by molar-refractivity contribution is 7.99. The van der Waals surface area contributed by atoms with Crippen LogP contribution in [0.5, 0.6) is 5.75 Å². The molecule has 0 spiro atoms. The number of rotatable bonds is 8. The minimum Gasteiger partial charge on any atom is -0.484 e. The summed E-state index contributed by atoms with van der Waals surface area (Å²) in [5, 5.41) is 9.98. The van der Waals surface area contributed by atoms with E-state index in [0.717, 1.165) is 16.6 Å². The molecule has 0 N–H and O–H groups in total. The fraction of sp³-hybridized carbons (Fsp3) is 0.222. The molecule has 0 radical (unpaired) electrons. The Bertz CT molecular complexity index is 811. The van der Waals surface area contributed by atoms with E-state index in [-0.39, 0.29) is 6.61 Å². The van der Waals surface area contributed by atoms with Gasteiger partial charge < -0.3 is 9.47 Å². The Kier molecular flexibility index (Phi) is 6.33. The van der Waals surface area contributed by atoms with E-state index < -0.39 is 0 Å². The molecule has 5 nitrogen and oxygen atoms in total. The van der Waals surface area contributed by atoms with Gasteiger partial charge >= 0.3 is 0 Å². The van der Waals surface area contributed by atoms with Gasteiger partial charge in [-0.25, -0.2) is 0 Å². The molecule has 0 aliphatic carbocycles. The molecule has 3 rings (SSSR count). The molecule has 1 heterocycles. The SMILES string of the molecule is COCCSc1nnc(COc2ccccc2Cl)n1-c1ccccc1. The number of aromatic nitrogens is 3. The molecule has 2 aromatic carbocycles. The first-order chi connectivity index (χ1) is 12.3. The van der Waals surface area contributed by atoms with Gasteiger partial charge in [0.25, 0.3) is 0 Å². The van der Waals surface area contributed by atoms with Crippen LogP contribution in [0.2, 0.25) is 5.02 Å². The van der Waals surface area contributed by atoms with Crippen LogP contribution in [0.3, 0.4) is 0 Å². The summed E-state index contributed by atoms with van der Waals surface area (Å²) in [5.74, 6) is 2.14. The summed E-state index contributed by atoms with van der Waals surface area (Å²) in [6, 6.07) is 17.4. The van der Waals surface area contributed by atoms with Gasteiger partial charge in [0.05, 0.1) is 11.6 Å². The predicted molar refractivity (Wildman–Crippen MR) is 99.7 cm³/mol. The zero-order valence-electron chi connectivity index (χ0n) is 13.8. The second-order valence-electron chi connectivity index (χ2n) is 5.13. The molecule has 0 atom stereocenters. The number of thioether (sulfide) groups is 1. The maximum absolute atomic E-state index is 6.15. The van der Waals surface area contributed by atoms with Crippen LogP contribution >= 0.6 is 23.4 Å². The molecule has 1 aromatic heterocycles. The summed E-state index contributed by atoms with van der Waals surface area (Å²) >= 11 is 7.75. The van der Waals surface area contributed by atoms with E-state index in [9.17, 15) is 0 Å². The standard InChI is InChI=1S/C18H18ClN3O2S/c1-23-11-12-25-18-21-20-17(22(18)14-7-3-2-4-8-14)13-24-16-10-6-5-9-15(16)19/h2-10H,11-13H2,1H3. The van der Waals surface area contributed by atoms with Crippen LogP contribution in [0.4, 0.5) is 0 Å². The summed E-state index contributed by atoms with van der Waals surface area (Å²) < 4.78 is 12.9. The van der Waals surface area contributed by atoms with Crippen LogP contribution in [-0.2, 0) is 11.3 Å². The Morgan fingerprint density at radius 2 is 1.80 bits per heavy atom. The van der Waals surface area contributed by atoms with E-state index in [2.05, 4.69) is 10.2 Å². The molecule has 0 amide bonds. The quantitative estimate of drug-likeness (QED) is 0.435. The number of halogens is 1. The van der Waals surface area contributed by atoms with Crippen LogP contribution in [-0.4, -0.2) is 34.2 Å². The first kappa shape index (κ1) is 17.8. The zero-order chi connectivity index (χ0) is 17.5. The van der Waals surface area contributed by atoms with Crippen molar-refractivity contribution < 1.29 is 9.47 Å². The van der Waals surface area contributed by atoms with Gasteiger partial charge in [0, 0.05) is 18.6 Å². The number of para-hydroxylation sites is 2. The van der Waals surface area contributed by atoms with E-state index in [1.165, 1.54) is 0 Å². The lowest BCUT2D eigenvalue weighted by Gasteiger charge is -2.11. The molecule has 0 unspecified atom stereocenters. The summed E-state index contributed by atoms with van der Waals surface area (Å²) in [7, 11) is 1.69. The lowest BCUT2D eigenvalue weighted by Crippen LogP contribution is -2.07. The monoisotopic (exact) mass is 375 g/mol. The summed E-state index contributed by atoms with van der Waals surface area (Å²) in [4.78, 5) is 0. The first-order valence-corrected chi connectivity index (χ1v) is 9.14. The fourth-order valence-corrected chi connectivity index (χ4v) is 3.31. The maximum atomic E-state index is 6.15. The second-order valence-corrected chi connectivity index (χ2v) is 6.60. The number of hydrogen-bond donors (Lipinski definition) is 0. The van der Waals surface area contributed by atoms with Crippen LogP contribution in [0.25, 0.3) is 5.69 Å². The third-order valence-electron chi connectivity index (χ3n) is 3.43. The number of benzene rings is 2. The van der Waals surface area contributed by atoms with Gasteiger partial charge in [-0.05, 0) is 24.3 Å². The van der Waals surface area contributed by atoms with Gasteiger partial charge in [-0.1, -0.05) is 53.7 Å². The molecule has 25 heavy (non-hydrogen) atoms. The van der Waals surface area contributed by atoms with Gasteiger partial charge in [-0.3, -0.25) is 4.57 Å².